The molecule has 3 aliphatic rings. The first kappa shape index (κ1) is 29.5. The fourth-order valence-electron chi connectivity index (χ4n) is 7.20. The number of carbonyl (C=O) groups is 2. The summed E-state index contributed by atoms with van der Waals surface area (Å²) in [6.07, 6.45) is -0.459. The lowest BCUT2D eigenvalue weighted by Gasteiger charge is -2.51. The Balaban J connectivity index is 1.41. The summed E-state index contributed by atoms with van der Waals surface area (Å²) in [4.78, 5) is 32.4. The summed E-state index contributed by atoms with van der Waals surface area (Å²) in [5, 5.41) is 11.7. The van der Waals surface area contributed by atoms with Crippen molar-refractivity contribution in [2.24, 2.45) is 5.92 Å². The number of hydrogen-bond acceptors (Lipinski definition) is 6. The average Bonchev–Trinajstić information content (AvgIpc) is 3.35. The van der Waals surface area contributed by atoms with Gasteiger partial charge in [-0.2, -0.15) is 13.2 Å². The van der Waals surface area contributed by atoms with Crippen LogP contribution in [-0.4, -0.2) is 72.2 Å². The first-order valence-corrected chi connectivity index (χ1v) is 14.7. The second-order valence-corrected chi connectivity index (χ2v) is 12.0. The summed E-state index contributed by atoms with van der Waals surface area (Å²) < 4.78 is 52.9. The number of likely N-dealkylation sites (tertiary alicyclic amines) is 1. The molecule has 1 amide bonds. The van der Waals surface area contributed by atoms with Crippen molar-refractivity contribution >= 4 is 22.8 Å². The number of aliphatic hydroxyl groups excluding tert-OH is 1. The molecule has 2 aromatic carbocycles. The molecule has 1 unspecified atom stereocenters. The number of H-pyrrole nitrogens is 1. The van der Waals surface area contributed by atoms with Gasteiger partial charge in [0.1, 0.15) is 5.75 Å². The molecule has 11 heteroatoms. The molecule has 1 aromatic heterocycles. The lowest BCUT2D eigenvalue weighted by Crippen LogP contribution is -2.55. The smallest absolute Gasteiger partial charge is 0.416 e. The van der Waals surface area contributed by atoms with Gasteiger partial charge in [0.15, 0.2) is 0 Å². The molecule has 2 aliphatic heterocycles. The van der Waals surface area contributed by atoms with E-state index in [-0.39, 0.29) is 36.1 Å². The molecule has 1 atom stereocenters. The largest absolute Gasteiger partial charge is 0.497 e. The molecule has 3 heterocycles. The second-order valence-electron chi connectivity index (χ2n) is 12.0. The standard InChI is InChI=1S/C32H36F3N3O5/c1-42-22-8-9-23-25(15-22)36-28-26(17-39)38(16-21-7-6-20(30(41)43-2)14-24(21)32(33,34)35)18-31(27(23)28)10-12-37(13-11-31)29(40)19-4-3-5-19/h6-9,14-15,19,26,36,39H,3-5,10-13,16-18H2,1-2H3. The predicted octanol–water partition coefficient (Wildman–Crippen LogP) is 5.19. The molecule has 1 aliphatic carbocycles. The number of benzene rings is 2. The molecule has 1 saturated carbocycles. The Morgan fingerprint density at radius 3 is 2.44 bits per heavy atom. The maximum absolute atomic E-state index is 14.3. The molecule has 8 nitrogen and oxygen atoms in total. The number of aromatic amines is 1. The molecule has 43 heavy (non-hydrogen) atoms. The molecule has 3 aromatic rings. The molecule has 230 valence electrons. The van der Waals surface area contributed by atoms with Gasteiger partial charge in [-0.1, -0.05) is 12.5 Å². The van der Waals surface area contributed by atoms with Crippen LogP contribution in [0.4, 0.5) is 13.2 Å². The number of methoxy groups -OCH3 is 2. The van der Waals surface area contributed by atoms with Crippen LogP contribution in [0.25, 0.3) is 10.9 Å². The number of nitrogens with zero attached hydrogens (tertiary/aromatic N) is 2. The Morgan fingerprint density at radius 2 is 1.84 bits per heavy atom. The van der Waals surface area contributed by atoms with Crippen molar-refractivity contribution in [3.05, 3.63) is 64.3 Å². The minimum Gasteiger partial charge on any atom is -0.497 e. The summed E-state index contributed by atoms with van der Waals surface area (Å²) >= 11 is 0. The molecule has 1 saturated heterocycles. The first-order chi connectivity index (χ1) is 20.6. The van der Waals surface area contributed by atoms with Crippen LogP contribution in [0.2, 0.25) is 0 Å². The molecule has 1 spiro atoms. The van der Waals surface area contributed by atoms with E-state index in [1.165, 1.54) is 12.1 Å². The van der Waals surface area contributed by atoms with Crippen LogP contribution in [0.1, 0.15) is 70.9 Å². The number of fused-ring (bicyclic) bond motifs is 4. The number of ether oxygens (including phenoxy) is 2. The van der Waals surface area contributed by atoms with E-state index in [9.17, 15) is 27.9 Å². The van der Waals surface area contributed by atoms with Crippen LogP contribution in [-0.2, 0) is 27.7 Å². The number of aliphatic hydroxyl groups is 1. The van der Waals surface area contributed by atoms with Crippen LogP contribution in [0.15, 0.2) is 36.4 Å². The van der Waals surface area contributed by atoms with E-state index in [4.69, 9.17) is 4.74 Å². The van der Waals surface area contributed by atoms with E-state index in [0.29, 0.717) is 38.2 Å². The average molecular weight is 600 g/mol. The van der Waals surface area contributed by atoms with Gasteiger partial charge in [-0.3, -0.25) is 9.69 Å². The maximum Gasteiger partial charge on any atom is 0.416 e. The summed E-state index contributed by atoms with van der Waals surface area (Å²) in [7, 11) is 2.71. The predicted molar refractivity (Wildman–Crippen MR) is 153 cm³/mol. The third-order valence-electron chi connectivity index (χ3n) is 9.71. The number of amides is 1. The monoisotopic (exact) mass is 599 g/mol. The van der Waals surface area contributed by atoms with Crippen molar-refractivity contribution < 1.29 is 37.3 Å². The lowest BCUT2D eigenvalue weighted by atomic mass is 9.68. The van der Waals surface area contributed by atoms with Crippen molar-refractivity contribution in [1.29, 1.82) is 0 Å². The number of esters is 1. The van der Waals surface area contributed by atoms with Crippen LogP contribution < -0.4 is 4.74 Å². The normalized spacial score (nSPS) is 20.6. The summed E-state index contributed by atoms with van der Waals surface area (Å²) in [6, 6.07) is 8.68. The minimum absolute atomic E-state index is 0.00702. The number of carbonyl (C=O) groups excluding carboxylic acids is 2. The first-order valence-electron chi connectivity index (χ1n) is 14.7. The Kier molecular flexibility index (Phi) is 7.66. The van der Waals surface area contributed by atoms with Gasteiger partial charge < -0.3 is 24.5 Å². The zero-order chi connectivity index (χ0) is 30.5. The Labute approximate surface area is 247 Å². The van der Waals surface area contributed by atoms with Gasteiger partial charge in [-0.05, 0) is 61.1 Å². The van der Waals surface area contributed by atoms with E-state index in [0.717, 1.165) is 54.6 Å². The van der Waals surface area contributed by atoms with Crippen LogP contribution >= 0.6 is 0 Å². The highest BCUT2D eigenvalue weighted by Crippen LogP contribution is 2.50. The molecular formula is C32H36F3N3O5. The number of halogens is 3. The Morgan fingerprint density at radius 1 is 1.09 bits per heavy atom. The number of alkyl halides is 3. The second kappa shape index (κ2) is 11.2. The summed E-state index contributed by atoms with van der Waals surface area (Å²) in [5.74, 6) is 0.120. The number of hydrogen-bond donors (Lipinski definition) is 2. The molecule has 6 rings (SSSR count). The number of piperidine rings is 1. The van der Waals surface area contributed by atoms with Crippen molar-refractivity contribution in [2.45, 2.75) is 56.3 Å². The third kappa shape index (κ3) is 5.16. The Hall–Kier alpha value is -3.57. The van der Waals surface area contributed by atoms with E-state index >= 15 is 0 Å². The molecule has 2 fully saturated rings. The highest BCUT2D eigenvalue weighted by Gasteiger charge is 2.49. The fourth-order valence-corrected chi connectivity index (χ4v) is 7.20. The lowest BCUT2D eigenvalue weighted by molar-refractivity contribution is -0.140. The highest BCUT2D eigenvalue weighted by atomic mass is 19.4. The number of rotatable bonds is 6. The Bertz CT molecular complexity index is 1540. The fraction of sp³-hybridized carbons (Fsp3) is 0.500. The van der Waals surface area contributed by atoms with Crippen LogP contribution in [0.3, 0.4) is 0 Å². The van der Waals surface area contributed by atoms with Crippen LogP contribution in [0.5, 0.6) is 5.75 Å². The van der Waals surface area contributed by atoms with Crippen molar-refractivity contribution in [3.63, 3.8) is 0 Å². The molecular weight excluding hydrogens is 563 g/mol. The highest BCUT2D eigenvalue weighted by molar-refractivity contribution is 5.90. The van der Waals surface area contributed by atoms with Crippen molar-refractivity contribution in [2.75, 3.05) is 40.5 Å². The van der Waals surface area contributed by atoms with E-state index < -0.39 is 29.2 Å². The van der Waals surface area contributed by atoms with Gasteiger partial charge in [-0.25, -0.2) is 4.79 Å². The summed E-state index contributed by atoms with van der Waals surface area (Å²) in [5.41, 5.74) is 1.14. The number of nitrogens with one attached hydrogen (secondary N) is 1. The number of aromatic nitrogens is 1. The van der Waals surface area contributed by atoms with Gasteiger partial charge in [-0.15, -0.1) is 0 Å². The quantitative estimate of drug-likeness (QED) is 0.379. The zero-order valence-corrected chi connectivity index (χ0v) is 24.3. The topological polar surface area (TPSA) is 95.1 Å². The minimum atomic E-state index is -4.70. The van der Waals surface area contributed by atoms with E-state index in [1.54, 1.807) is 7.11 Å². The third-order valence-corrected chi connectivity index (χ3v) is 9.71. The van der Waals surface area contributed by atoms with Gasteiger partial charge in [0.2, 0.25) is 5.91 Å². The van der Waals surface area contributed by atoms with Crippen molar-refractivity contribution in [1.82, 2.24) is 14.8 Å². The summed E-state index contributed by atoms with van der Waals surface area (Å²) in [6.45, 7) is 1.15. The van der Waals surface area contributed by atoms with Gasteiger partial charge in [0.05, 0.1) is 38.0 Å². The zero-order valence-electron chi connectivity index (χ0n) is 24.3. The van der Waals surface area contributed by atoms with Gasteiger partial charge in [0.25, 0.3) is 0 Å². The molecule has 2 N–H and O–H groups in total. The van der Waals surface area contributed by atoms with Gasteiger partial charge >= 0.3 is 12.1 Å². The SMILES string of the molecule is COC(=O)c1ccc(CN2CC3(CCN(C(=O)C4CCC4)CC3)c3c([nH]c4cc(OC)ccc34)C2CO)c(C(F)(F)F)c1. The molecule has 0 bridgehead atoms. The van der Waals surface area contributed by atoms with Gasteiger partial charge in [0, 0.05) is 60.2 Å². The van der Waals surface area contributed by atoms with Crippen LogP contribution in [0, 0.1) is 5.92 Å². The van der Waals surface area contributed by atoms with E-state index in [2.05, 4.69) is 9.72 Å². The van der Waals surface area contributed by atoms with E-state index in [1.807, 2.05) is 28.0 Å². The maximum atomic E-state index is 14.3. The molecule has 0 radical (unpaired) electrons. The van der Waals surface area contributed by atoms with Crippen molar-refractivity contribution in [3.8, 4) is 5.75 Å².